The molecule has 0 fully saturated rings. The molecule has 7 nitrogen and oxygen atoms in total. The molecule has 32 heavy (non-hydrogen) atoms. The number of nitrogens with one attached hydrogen (secondary N) is 2. The van der Waals surface area contributed by atoms with E-state index in [0.717, 1.165) is 24.5 Å². The Kier molecular flexibility index (Phi) is 6.35. The van der Waals surface area contributed by atoms with Crippen molar-refractivity contribution in [1.82, 2.24) is 15.0 Å². The second kappa shape index (κ2) is 8.69. The zero-order valence-corrected chi connectivity index (χ0v) is 18.0. The first-order valence-corrected chi connectivity index (χ1v) is 11.2. The summed E-state index contributed by atoms with van der Waals surface area (Å²) in [5, 5.41) is 5.80. The number of aromatic nitrogens is 3. The lowest BCUT2D eigenvalue weighted by molar-refractivity contribution is -0.141. The highest BCUT2D eigenvalue weighted by Crippen LogP contribution is 2.30. The molecule has 0 unspecified atom stereocenters. The van der Waals surface area contributed by atoms with Gasteiger partial charge in [0.25, 0.3) is 0 Å². The zero-order chi connectivity index (χ0) is 23.7. The molecule has 1 aromatic carbocycles. The Bertz CT molecular complexity index is 1250. The lowest BCUT2D eigenvalue weighted by atomic mass is 10.2. The van der Waals surface area contributed by atoms with Crippen molar-refractivity contribution in [2.75, 3.05) is 16.9 Å². The van der Waals surface area contributed by atoms with Gasteiger partial charge in [-0.15, -0.1) is 0 Å². The Balaban J connectivity index is 2.07. The fourth-order valence-electron chi connectivity index (χ4n) is 2.71. The number of pyridine rings is 1. The van der Waals surface area contributed by atoms with Gasteiger partial charge in [-0.1, -0.05) is 6.07 Å². The van der Waals surface area contributed by atoms with Crippen LogP contribution >= 0.6 is 0 Å². The number of hydrogen-bond donors (Lipinski definition) is 2. The number of hydrogen-bond acceptors (Lipinski definition) is 7. The molecule has 0 saturated carbocycles. The van der Waals surface area contributed by atoms with Crippen molar-refractivity contribution in [2.45, 2.75) is 31.0 Å². The minimum Gasteiger partial charge on any atom is -0.368 e. The molecule has 3 aromatic rings. The largest absolute Gasteiger partial charge is 0.433 e. The number of sulfone groups is 1. The van der Waals surface area contributed by atoms with Gasteiger partial charge in [0, 0.05) is 24.1 Å². The van der Waals surface area contributed by atoms with Crippen LogP contribution < -0.4 is 10.6 Å². The van der Waals surface area contributed by atoms with Crippen molar-refractivity contribution in [2.24, 2.45) is 0 Å². The molecule has 0 aliphatic rings. The molecule has 0 spiro atoms. The lowest BCUT2D eigenvalue weighted by Gasteiger charge is -2.14. The highest BCUT2D eigenvalue weighted by molar-refractivity contribution is 7.90. The van der Waals surface area contributed by atoms with Crippen molar-refractivity contribution >= 4 is 27.2 Å². The van der Waals surface area contributed by atoms with Gasteiger partial charge in [-0.2, -0.15) is 13.2 Å². The first-order chi connectivity index (χ1) is 14.8. The quantitative estimate of drug-likeness (QED) is 0.507. The summed E-state index contributed by atoms with van der Waals surface area (Å²) in [6, 6.07) is 7.91. The normalized spacial score (nSPS) is 12.1. The van der Waals surface area contributed by atoms with E-state index >= 15 is 0 Å². The third-order valence-corrected chi connectivity index (χ3v) is 5.10. The van der Waals surface area contributed by atoms with E-state index in [-0.39, 0.29) is 39.8 Å². The summed E-state index contributed by atoms with van der Waals surface area (Å²) in [6.45, 7) is 3.67. The molecule has 2 N–H and O–H groups in total. The van der Waals surface area contributed by atoms with Gasteiger partial charge < -0.3 is 10.6 Å². The molecule has 2 aromatic heterocycles. The summed E-state index contributed by atoms with van der Waals surface area (Å²) in [7, 11) is -3.68. The van der Waals surface area contributed by atoms with Crippen LogP contribution in [0.25, 0.3) is 11.5 Å². The second-order valence-corrected chi connectivity index (χ2v) is 9.26. The van der Waals surface area contributed by atoms with Crippen molar-refractivity contribution < 1.29 is 26.0 Å². The molecule has 0 amide bonds. The van der Waals surface area contributed by atoms with E-state index in [1.807, 2.05) is 13.8 Å². The van der Waals surface area contributed by atoms with Crippen LogP contribution in [0.2, 0.25) is 0 Å². The molecule has 0 saturated heterocycles. The third kappa shape index (κ3) is 5.90. The number of benzene rings is 1. The Morgan fingerprint density at radius 2 is 1.66 bits per heavy atom. The highest BCUT2D eigenvalue weighted by atomic mass is 32.2. The van der Waals surface area contributed by atoms with E-state index in [4.69, 9.17) is 0 Å². The molecule has 3 rings (SSSR count). The summed E-state index contributed by atoms with van der Waals surface area (Å²) < 4.78 is 76.7. The second-order valence-electron chi connectivity index (χ2n) is 7.24. The average molecular weight is 469 g/mol. The highest BCUT2D eigenvalue weighted by Gasteiger charge is 2.32. The molecule has 0 radical (unpaired) electrons. The molecule has 0 bridgehead atoms. The number of nitrogens with zero attached hydrogens (tertiary/aromatic N) is 3. The maximum Gasteiger partial charge on any atom is 0.433 e. The van der Waals surface area contributed by atoms with Gasteiger partial charge in [-0.25, -0.2) is 27.8 Å². The van der Waals surface area contributed by atoms with E-state index in [0.29, 0.717) is 0 Å². The van der Waals surface area contributed by atoms with E-state index < -0.39 is 27.5 Å². The number of halogens is 4. The van der Waals surface area contributed by atoms with Gasteiger partial charge in [0.1, 0.15) is 28.8 Å². The summed E-state index contributed by atoms with van der Waals surface area (Å²) in [5.74, 6) is -0.511. The topological polar surface area (TPSA) is 96.9 Å². The average Bonchev–Trinajstić information content (AvgIpc) is 2.65. The van der Waals surface area contributed by atoms with Crippen LogP contribution in [-0.2, 0) is 16.0 Å². The van der Waals surface area contributed by atoms with E-state index in [1.165, 1.54) is 24.3 Å². The Morgan fingerprint density at radius 3 is 2.28 bits per heavy atom. The molecular weight excluding hydrogens is 450 g/mol. The molecular formula is C20H19F4N5O2S. The van der Waals surface area contributed by atoms with Crippen LogP contribution in [0.4, 0.5) is 34.9 Å². The van der Waals surface area contributed by atoms with Crippen molar-refractivity contribution in [3.8, 4) is 11.5 Å². The van der Waals surface area contributed by atoms with Crippen molar-refractivity contribution in [3.63, 3.8) is 0 Å². The SMILES string of the molecule is CC(C)Nc1cc(Nc2cc(F)cc(S(C)(=O)=O)c2)nc(-c2cccc(C(F)(F)F)n2)n1. The third-order valence-electron chi connectivity index (χ3n) is 4.00. The zero-order valence-electron chi connectivity index (χ0n) is 17.2. The predicted octanol–water partition coefficient (Wildman–Crippen LogP) is 4.66. The molecule has 0 atom stereocenters. The van der Waals surface area contributed by atoms with Crippen LogP contribution in [0.5, 0.6) is 0 Å². The Morgan fingerprint density at radius 1 is 0.969 bits per heavy atom. The van der Waals surface area contributed by atoms with Gasteiger partial charge in [0.2, 0.25) is 0 Å². The first kappa shape index (κ1) is 23.4. The van der Waals surface area contributed by atoms with Gasteiger partial charge >= 0.3 is 6.18 Å². The van der Waals surface area contributed by atoms with Crippen LogP contribution in [0.1, 0.15) is 19.5 Å². The lowest BCUT2D eigenvalue weighted by Crippen LogP contribution is -2.13. The molecule has 0 aliphatic heterocycles. The minimum atomic E-state index is -4.64. The fourth-order valence-corrected chi connectivity index (χ4v) is 3.38. The number of rotatable bonds is 6. The van der Waals surface area contributed by atoms with Crippen LogP contribution in [0.3, 0.4) is 0 Å². The number of alkyl halides is 3. The van der Waals surface area contributed by atoms with Crippen molar-refractivity contribution in [1.29, 1.82) is 0 Å². The maximum atomic E-state index is 13.9. The summed E-state index contributed by atoms with van der Waals surface area (Å²) in [4.78, 5) is 11.8. The van der Waals surface area contributed by atoms with Gasteiger partial charge in [-0.05, 0) is 44.2 Å². The van der Waals surface area contributed by atoms with Gasteiger partial charge in [-0.3, -0.25) is 0 Å². The summed E-state index contributed by atoms with van der Waals surface area (Å²) in [5.41, 5.74) is -1.13. The van der Waals surface area contributed by atoms with Crippen LogP contribution in [0, 0.1) is 5.82 Å². The minimum absolute atomic E-state index is 0.0638. The van der Waals surface area contributed by atoms with Crippen molar-refractivity contribution in [3.05, 3.63) is 54.0 Å². The molecule has 2 heterocycles. The smallest absolute Gasteiger partial charge is 0.368 e. The van der Waals surface area contributed by atoms with E-state index in [9.17, 15) is 26.0 Å². The Labute approximate surface area is 181 Å². The molecule has 170 valence electrons. The van der Waals surface area contributed by atoms with E-state index in [2.05, 4.69) is 25.6 Å². The van der Waals surface area contributed by atoms with Gasteiger partial charge in [0.05, 0.1) is 4.90 Å². The molecule has 12 heteroatoms. The van der Waals surface area contributed by atoms with Gasteiger partial charge in [0.15, 0.2) is 15.7 Å². The Hall–Kier alpha value is -3.28. The summed E-state index contributed by atoms with van der Waals surface area (Å²) in [6.07, 6.45) is -3.70. The monoisotopic (exact) mass is 469 g/mol. The number of anilines is 3. The van der Waals surface area contributed by atoms with E-state index in [1.54, 1.807) is 0 Å². The van der Waals surface area contributed by atoms with Crippen LogP contribution in [-0.4, -0.2) is 35.7 Å². The predicted molar refractivity (Wildman–Crippen MR) is 112 cm³/mol. The fraction of sp³-hybridized carbons (Fsp3) is 0.250. The standard InChI is InChI=1S/C20H19F4N5O2S/c1-11(2)25-17-10-18(26-13-7-12(21)8-14(9-13)32(3,30)31)29-19(28-17)15-5-4-6-16(27-15)20(22,23)24/h4-11H,1-3H3,(H2,25,26,28,29). The summed E-state index contributed by atoms with van der Waals surface area (Å²) >= 11 is 0. The first-order valence-electron chi connectivity index (χ1n) is 9.29. The maximum absolute atomic E-state index is 13.9. The van der Waals surface area contributed by atoms with Crippen LogP contribution in [0.15, 0.2) is 47.4 Å². The molecule has 0 aliphatic carbocycles.